The van der Waals surface area contributed by atoms with Crippen molar-refractivity contribution >= 4 is 0 Å². The van der Waals surface area contributed by atoms with E-state index in [-0.39, 0.29) is 0 Å². The van der Waals surface area contributed by atoms with E-state index in [1.165, 1.54) is 0 Å². The fourth-order valence-corrected chi connectivity index (χ4v) is 0.0915. The maximum Gasteiger partial charge on any atom is 0.0826 e. The minimum atomic E-state index is 0.300. The first-order valence-corrected chi connectivity index (χ1v) is 1.85. The van der Waals surface area contributed by atoms with E-state index in [4.69, 9.17) is 5.26 Å². The Hall–Kier alpha value is -0.240. The van der Waals surface area contributed by atoms with Crippen LogP contribution in [0.2, 0.25) is 0 Å². The van der Waals surface area contributed by atoms with Crippen molar-refractivity contribution in [3.8, 4) is 0 Å². The highest BCUT2D eigenvalue weighted by molar-refractivity contribution is 3.89. The van der Waals surface area contributed by atoms with Gasteiger partial charge in [-0.25, -0.2) is 10.1 Å². The Morgan fingerprint density at radius 1 is 1.25 bits per heavy atom. The van der Waals surface area contributed by atoms with Crippen LogP contribution in [-0.4, -0.2) is 11.9 Å². The third-order valence-electron chi connectivity index (χ3n) is 0.252. The van der Waals surface area contributed by atoms with Crippen LogP contribution in [0.4, 0.5) is 0 Å². The molecule has 6 heteroatoms. The smallest absolute Gasteiger partial charge is 0.0826 e. The zero-order chi connectivity index (χ0) is 6.24. The fourth-order valence-electron chi connectivity index (χ4n) is 0.0915. The topological polar surface area (TPSA) is 66.4 Å². The molecule has 0 radical (unpaired) electrons. The maximum absolute atomic E-state index is 7.38. The zero-order valence-corrected chi connectivity index (χ0v) is 4.20. The van der Waals surface area contributed by atoms with Crippen molar-refractivity contribution in [3.05, 3.63) is 0 Å². The summed E-state index contributed by atoms with van der Waals surface area (Å²) in [4.78, 5) is 4.10. The second kappa shape index (κ2) is 6.76. The van der Waals surface area contributed by atoms with Crippen LogP contribution >= 0.6 is 0 Å². The van der Waals surface area contributed by atoms with Crippen LogP contribution in [0.1, 0.15) is 6.92 Å². The summed E-state index contributed by atoms with van der Waals surface area (Å²) >= 11 is 0. The largest absolute Gasteiger partial charge is 0.219 e. The lowest BCUT2D eigenvalue weighted by atomic mass is 10.9. The molecule has 0 aliphatic rings. The van der Waals surface area contributed by atoms with Crippen molar-refractivity contribution in [2.75, 3.05) is 6.61 Å². The van der Waals surface area contributed by atoms with Gasteiger partial charge < -0.3 is 0 Å². The van der Waals surface area contributed by atoms with Crippen LogP contribution < -0.4 is 0 Å². The van der Waals surface area contributed by atoms with Crippen molar-refractivity contribution in [1.29, 1.82) is 0 Å². The van der Waals surface area contributed by atoms with Gasteiger partial charge in [-0.05, 0) is 27.1 Å². The molecule has 0 aromatic heterocycles. The molecule has 0 fully saturated rings. The zero-order valence-electron chi connectivity index (χ0n) is 4.20. The summed E-state index contributed by atoms with van der Waals surface area (Å²) in [6.45, 7) is 1.97. The molecule has 0 saturated heterocycles. The Morgan fingerprint density at radius 3 is 2.50 bits per heavy atom. The molecule has 0 atom stereocenters. The van der Waals surface area contributed by atoms with Crippen LogP contribution in [-0.2, 0) is 25.0 Å². The summed E-state index contributed by atoms with van der Waals surface area (Å²) in [6, 6.07) is 0. The minimum absolute atomic E-state index is 0.300. The van der Waals surface area contributed by atoms with Crippen molar-refractivity contribution in [3.63, 3.8) is 0 Å². The summed E-state index contributed by atoms with van der Waals surface area (Å²) in [6.07, 6.45) is 0. The highest BCUT2D eigenvalue weighted by Gasteiger charge is 1.84. The molecular formula is C2H6O6. The van der Waals surface area contributed by atoms with E-state index in [1.54, 1.807) is 6.92 Å². The molecule has 1 N–H and O–H groups in total. The van der Waals surface area contributed by atoms with Crippen molar-refractivity contribution in [1.82, 2.24) is 0 Å². The van der Waals surface area contributed by atoms with Crippen molar-refractivity contribution in [2.45, 2.75) is 6.92 Å². The van der Waals surface area contributed by atoms with Crippen LogP contribution in [0.5, 0.6) is 0 Å². The Balaban J connectivity index is 2.53. The maximum atomic E-state index is 7.38. The fraction of sp³-hybridized carbons (Fsp3) is 1.00. The van der Waals surface area contributed by atoms with E-state index in [9.17, 15) is 0 Å². The number of rotatable bonds is 5. The first-order valence-electron chi connectivity index (χ1n) is 1.85. The van der Waals surface area contributed by atoms with Gasteiger partial charge in [0.15, 0.2) is 0 Å². The molecule has 0 amide bonds. The molecule has 0 aromatic rings. The van der Waals surface area contributed by atoms with Gasteiger partial charge in [-0.15, -0.1) is 0 Å². The normalized spacial score (nSPS) is 9.75. The van der Waals surface area contributed by atoms with E-state index >= 15 is 0 Å². The molecule has 0 aromatic carbocycles. The molecule has 0 aliphatic carbocycles. The number of hydrogen-bond acceptors (Lipinski definition) is 6. The molecule has 0 unspecified atom stereocenters. The Bertz CT molecular complexity index is 31.5. The summed E-state index contributed by atoms with van der Waals surface area (Å²) < 4.78 is 0. The van der Waals surface area contributed by atoms with Crippen LogP contribution in [0, 0.1) is 0 Å². The van der Waals surface area contributed by atoms with Gasteiger partial charge in [-0.1, -0.05) is 0 Å². The van der Waals surface area contributed by atoms with Crippen LogP contribution in [0.3, 0.4) is 0 Å². The van der Waals surface area contributed by atoms with Crippen molar-refractivity contribution in [2.24, 2.45) is 0 Å². The molecule has 0 heterocycles. The van der Waals surface area contributed by atoms with E-state index < -0.39 is 0 Å². The van der Waals surface area contributed by atoms with E-state index in [0.29, 0.717) is 6.61 Å². The summed E-state index contributed by atoms with van der Waals surface area (Å²) in [7, 11) is 0. The predicted octanol–water partition coefficient (Wildman–Crippen LogP) is 0.222. The van der Waals surface area contributed by atoms with Gasteiger partial charge in [0.1, 0.15) is 0 Å². The van der Waals surface area contributed by atoms with Crippen LogP contribution in [0.25, 0.3) is 0 Å². The average molecular weight is 126 g/mol. The second-order valence-electron chi connectivity index (χ2n) is 0.685. The first-order chi connectivity index (χ1) is 3.91. The quantitative estimate of drug-likeness (QED) is 0.323. The first kappa shape index (κ1) is 7.76. The SMILES string of the molecule is CCOOOOOO. The van der Waals surface area contributed by atoms with Gasteiger partial charge in [0.2, 0.25) is 0 Å². The molecule has 6 nitrogen and oxygen atoms in total. The molecule has 50 valence electrons. The Kier molecular flexibility index (Phi) is 6.56. The lowest BCUT2D eigenvalue weighted by molar-refractivity contribution is -0.752. The molecule has 0 spiro atoms. The Morgan fingerprint density at radius 2 is 2.00 bits per heavy atom. The van der Waals surface area contributed by atoms with Gasteiger partial charge in [0, 0.05) is 0 Å². The number of hydrogen-bond donors (Lipinski definition) is 1. The summed E-state index contributed by atoms with van der Waals surface area (Å²) in [5.74, 6) is 0. The van der Waals surface area contributed by atoms with Gasteiger partial charge in [-0.3, -0.25) is 0 Å². The third kappa shape index (κ3) is 5.76. The van der Waals surface area contributed by atoms with E-state index in [2.05, 4.69) is 25.0 Å². The highest BCUT2D eigenvalue weighted by Crippen LogP contribution is 1.80. The summed E-state index contributed by atoms with van der Waals surface area (Å²) in [5, 5.41) is 20.9. The standard InChI is InChI=1S/C2H6O6/c1-2-4-6-8-7-5-3/h3H,2H2,1H3. The molecule has 0 bridgehead atoms. The van der Waals surface area contributed by atoms with Crippen molar-refractivity contribution < 1.29 is 30.3 Å². The van der Waals surface area contributed by atoms with Crippen LogP contribution in [0.15, 0.2) is 0 Å². The lowest BCUT2D eigenvalue weighted by Gasteiger charge is -1.93. The predicted molar refractivity (Wildman–Crippen MR) is 18.6 cm³/mol. The van der Waals surface area contributed by atoms with Gasteiger partial charge in [0.25, 0.3) is 0 Å². The average Bonchev–Trinajstić information content (AvgIpc) is 1.81. The molecular weight excluding hydrogens is 120 g/mol. The van der Waals surface area contributed by atoms with E-state index in [0.717, 1.165) is 0 Å². The highest BCUT2D eigenvalue weighted by atomic mass is 17.8. The monoisotopic (exact) mass is 126 g/mol. The molecule has 8 heavy (non-hydrogen) atoms. The molecule has 0 rings (SSSR count). The minimum Gasteiger partial charge on any atom is -0.219 e. The molecule has 0 aliphatic heterocycles. The van der Waals surface area contributed by atoms with E-state index in [1.807, 2.05) is 0 Å². The second-order valence-corrected chi connectivity index (χ2v) is 0.685. The Labute approximate surface area is 45.1 Å². The summed E-state index contributed by atoms with van der Waals surface area (Å²) in [5.41, 5.74) is 0. The third-order valence-corrected chi connectivity index (χ3v) is 0.252. The van der Waals surface area contributed by atoms with Gasteiger partial charge in [0.05, 0.1) is 6.61 Å². The molecule has 0 saturated carbocycles. The lowest BCUT2D eigenvalue weighted by Crippen LogP contribution is -1.96. The van der Waals surface area contributed by atoms with Gasteiger partial charge >= 0.3 is 0 Å². The van der Waals surface area contributed by atoms with Gasteiger partial charge in [-0.2, -0.15) is 0 Å².